The molecule has 1 heterocycles. The predicted octanol–water partition coefficient (Wildman–Crippen LogP) is 5.82. The molecule has 0 saturated carbocycles. The van der Waals surface area contributed by atoms with Gasteiger partial charge in [-0.25, -0.2) is 0 Å². The highest BCUT2D eigenvalue weighted by Gasteiger charge is 2.24. The first-order valence-corrected chi connectivity index (χ1v) is 8.23. The third kappa shape index (κ3) is 2.66. The van der Waals surface area contributed by atoms with Gasteiger partial charge in [0.1, 0.15) is 5.52 Å². The molecular weight excluding hydrogens is 300 g/mol. The van der Waals surface area contributed by atoms with E-state index >= 15 is 0 Å². The molecule has 0 bridgehead atoms. The van der Waals surface area contributed by atoms with Gasteiger partial charge in [0.15, 0.2) is 0 Å². The van der Waals surface area contributed by atoms with Crippen LogP contribution in [0.5, 0.6) is 0 Å². The number of H-pyrrole nitrogens is 1. The molecule has 4 nitrogen and oxygen atoms in total. The quantitative estimate of drug-likeness (QED) is 0.452. The number of aromatic nitrogens is 1. The molecule has 3 aromatic rings. The van der Waals surface area contributed by atoms with Crippen molar-refractivity contribution in [2.75, 3.05) is 0 Å². The highest BCUT2D eigenvalue weighted by atomic mass is 16.6. The second kappa shape index (κ2) is 5.07. The third-order valence-corrected chi connectivity index (χ3v) is 4.62. The lowest BCUT2D eigenvalue weighted by Crippen LogP contribution is -2.11. The van der Waals surface area contributed by atoms with Crippen molar-refractivity contribution in [1.82, 2.24) is 4.98 Å². The summed E-state index contributed by atoms with van der Waals surface area (Å²) in [5.41, 5.74) is 3.77. The van der Waals surface area contributed by atoms with Gasteiger partial charge in [-0.15, -0.1) is 0 Å². The Balaban J connectivity index is 2.43. The van der Waals surface area contributed by atoms with Crippen LogP contribution in [-0.2, 0) is 10.8 Å². The van der Waals surface area contributed by atoms with Crippen molar-refractivity contribution < 1.29 is 4.92 Å². The number of benzene rings is 2. The highest BCUT2D eigenvalue weighted by Crippen LogP contribution is 2.38. The fraction of sp³-hybridized carbons (Fsp3) is 0.400. The van der Waals surface area contributed by atoms with E-state index in [4.69, 9.17) is 0 Å². The lowest BCUT2D eigenvalue weighted by Gasteiger charge is -2.19. The fourth-order valence-corrected chi connectivity index (χ4v) is 3.02. The van der Waals surface area contributed by atoms with Crippen molar-refractivity contribution >= 4 is 27.5 Å². The van der Waals surface area contributed by atoms with Crippen LogP contribution in [0.1, 0.15) is 52.7 Å². The van der Waals surface area contributed by atoms with E-state index in [9.17, 15) is 10.1 Å². The van der Waals surface area contributed by atoms with Crippen molar-refractivity contribution in [1.29, 1.82) is 0 Å². The summed E-state index contributed by atoms with van der Waals surface area (Å²) in [6, 6.07) is 10.1. The maximum atomic E-state index is 11.6. The maximum Gasteiger partial charge on any atom is 0.293 e. The van der Waals surface area contributed by atoms with Gasteiger partial charge in [0, 0.05) is 22.4 Å². The van der Waals surface area contributed by atoms with Crippen molar-refractivity contribution in [2.24, 2.45) is 0 Å². The Labute approximate surface area is 142 Å². The molecule has 0 aliphatic carbocycles. The van der Waals surface area contributed by atoms with E-state index < -0.39 is 0 Å². The molecule has 0 saturated heterocycles. The average molecular weight is 324 g/mol. The molecule has 1 aromatic heterocycles. The highest BCUT2D eigenvalue weighted by molar-refractivity contribution is 6.10. The summed E-state index contributed by atoms with van der Waals surface area (Å²) in [5.74, 6) is 0. The van der Waals surface area contributed by atoms with Gasteiger partial charge >= 0.3 is 0 Å². The topological polar surface area (TPSA) is 58.9 Å². The van der Waals surface area contributed by atoms with Crippen molar-refractivity contribution in [3.63, 3.8) is 0 Å². The summed E-state index contributed by atoms with van der Waals surface area (Å²) < 4.78 is 0. The monoisotopic (exact) mass is 324 g/mol. The molecule has 24 heavy (non-hydrogen) atoms. The Morgan fingerprint density at radius 1 is 0.875 bits per heavy atom. The SMILES string of the molecule is CC(C)(C)c1ccc2[nH]c3c([N+](=O)[O-])cc(C(C)(C)C)cc3c2c1. The zero-order valence-electron chi connectivity index (χ0n) is 15.2. The Morgan fingerprint density at radius 2 is 1.46 bits per heavy atom. The summed E-state index contributed by atoms with van der Waals surface area (Å²) in [4.78, 5) is 14.5. The van der Waals surface area contributed by atoms with Crippen LogP contribution in [0.3, 0.4) is 0 Å². The summed E-state index contributed by atoms with van der Waals surface area (Å²) >= 11 is 0. The number of rotatable bonds is 1. The Morgan fingerprint density at radius 3 is 2.00 bits per heavy atom. The molecule has 0 fully saturated rings. The van der Waals surface area contributed by atoms with Gasteiger partial charge in [-0.3, -0.25) is 10.1 Å². The second-order valence-corrected chi connectivity index (χ2v) is 8.56. The summed E-state index contributed by atoms with van der Waals surface area (Å²) in [7, 11) is 0. The normalized spacial score (nSPS) is 12.9. The smallest absolute Gasteiger partial charge is 0.293 e. The molecular formula is C20H24N2O2. The zero-order valence-corrected chi connectivity index (χ0v) is 15.2. The van der Waals surface area contributed by atoms with Crippen LogP contribution >= 0.6 is 0 Å². The Hall–Kier alpha value is -2.36. The van der Waals surface area contributed by atoms with Gasteiger partial charge in [-0.05, 0) is 40.2 Å². The summed E-state index contributed by atoms with van der Waals surface area (Å²) in [5, 5.41) is 13.6. The van der Waals surface area contributed by atoms with Crippen molar-refractivity contribution in [3.8, 4) is 0 Å². The fourth-order valence-electron chi connectivity index (χ4n) is 3.02. The molecule has 3 rings (SSSR count). The molecule has 0 atom stereocenters. The van der Waals surface area contributed by atoms with Gasteiger partial charge in [0.25, 0.3) is 5.69 Å². The van der Waals surface area contributed by atoms with E-state index in [0.29, 0.717) is 5.52 Å². The molecule has 0 amide bonds. The second-order valence-electron chi connectivity index (χ2n) is 8.56. The largest absolute Gasteiger partial charge is 0.349 e. The van der Waals surface area contributed by atoms with Gasteiger partial charge in [-0.2, -0.15) is 0 Å². The minimum atomic E-state index is -0.294. The van der Waals surface area contributed by atoms with Crippen LogP contribution in [0.2, 0.25) is 0 Å². The number of hydrogen-bond acceptors (Lipinski definition) is 2. The molecule has 0 aliphatic heterocycles. The molecule has 0 unspecified atom stereocenters. The van der Waals surface area contributed by atoms with Crippen LogP contribution in [0, 0.1) is 10.1 Å². The minimum Gasteiger partial charge on any atom is -0.349 e. The van der Waals surface area contributed by atoms with Crippen molar-refractivity contribution in [2.45, 2.75) is 52.4 Å². The number of hydrogen-bond donors (Lipinski definition) is 1. The number of non-ortho nitro benzene ring substituents is 1. The molecule has 1 N–H and O–H groups in total. The average Bonchev–Trinajstić information content (AvgIpc) is 2.81. The Bertz CT molecular complexity index is 954. The van der Waals surface area contributed by atoms with Gasteiger partial charge in [0.2, 0.25) is 0 Å². The van der Waals surface area contributed by atoms with E-state index in [1.54, 1.807) is 6.07 Å². The third-order valence-electron chi connectivity index (χ3n) is 4.62. The lowest BCUT2D eigenvalue weighted by atomic mass is 9.84. The van der Waals surface area contributed by atoms with E-state index in [1.807, 2.05) is 6.07 Å². The van der Waals surface area contributed by atoms with Crippen LogP contribution < -0.4 is 0 Å². The first-order chi connectivity index (χ1) is 11.0. The van der Waals surface area contributed by atoms with E-state index in [2.05, 4.69) is 64.7 Å². The van der Waals surface area contributed by atoms with Crippen LogP contribution in [0.15, 0.2) is 30.3 Å². The molecule has 0 spiro atoms. The van der Waals surface area contributed by atoms with Crippen LogP contribution in [-0.4, -0.2) is 9.91 Å². The van der Waals surface area contributed by atoms with Crippen LogP contribution in [0.25, 0.3) is 21.8 Å². The summed E-state index contributed by atoms with van der Waals surface area (Å²) in [6.07, 6.45) is 0. The molecule has 0 aliphatic rings. The first kappa shape index (κ1) is 16.5. The number of nitrogens with zero attached hydrogens (tertiary/aromatic N) is 1. The molecule has 2 aromatic carbocycles. The van der Waals surface area contributed by atoms with Gasteiger partial charge < -0.3 is 4.98 Å². The number of nitro groups is 1. The number of nitrogens with one attached hydrogen (secondary N) is 1. The zero-order chi connectivity index (χ0) is 17.9. The van der Waals surface area contributed by atoms with Crippen LogP contribution in [0.4, 0.5) is 5.69 Å². The minimum absolute atomic E-state index is 0.0331. The van der Waals surface area contributed by atoms with Gasteiger partial charge in [-0.1, -0.05) is 47.6 Å². The molecule has 0 radical (unpaired) electrons. The maximum absolute atomic E-state index is 11.6. The summed E-state index contributed by atoms with van der Waals surface area (Å²) in [6.45, 7) is 12.7. The molecule has 126 valence electrons. The molecule has 4 heteroatoms. The van der Waals surface area contributed by atoms with E-state index in [-0.39, 0.29) is 21.4 Å². The predicted molar refractivity (Wildman–Crippen MR) is 99.9 cm³/mol. The standard InChI is InChI=1S/C20H24N2O2/c1-19(2,3)12-7-8-16-14(9-12)15-10-13(20(4,5)6)11-17(22(23)24)18(15)21-16/h7-11,21H,1-6H3. The van der Waals surface area contributed by atoms with Gasteiger partial charge in [0.05, 0.1) is 4.92 Å². The number of aromatic amines is 1. The lowest BCUT2D eigenvalue weighted by molar-refractivity contribution is -0.383. The van der Waals surface area contributed by atoms with E-state index in [1.165, 1.54) is 5.56 Å². The number of fused-ring (bicyclic) bond motifs is 3. The number of nitro benzene ring substituents is 1. The first-order valence-electron chi connectivity index (χ1n) is 8.23. The van der Waals surface area contributed by atoms with Crippen molar-refractivity contribution in [3.05, 3.63) is 51.6 Å². The van der Waals surface area contributed by atoms with E-state index in [0.717, 1.165) is 21.9 Å². The Kier molecular flexibility index (Phi) is 3.48.